The molecule has 0 aromatic heterocycles. The molecule has 3 N–H and O–H groups in total. The number of piperidine rings is 1. The van der Waals surface area contributed by atoms with Gasteiger partial charge in [-0.3, -0.25) is 14.5 Å². The lowest BCUT2D eigenvalue weighted by atomic mass is 9.60. The lowest BCUT2D eigenvalue weighted by Gasteiger charge is -2.64. The van der Waals surface area contributed by atoms with Gasteiger partial charge in [0.2, 0.25) is 0 Å². The number of hydrogen-bond acceptors (Lipinski definition) is 6. The summed E-state index contributed by atoms with van der Waals surface area (Å²) in [5, 5.41) is 29.0. The zero-order chi connectivity index (χ0) is 18.9. The van der Waals surface area contributed by atoms with Crippen molar-refractivity contribution in [2.75, 3.05) is 13.2 Å². The fourth-order valence-corrected chi connectivity index (χ4v) is 3.63. The van der Waals surface area contributed by atoms with Crippen LogP contribution in [0.1, 0.15) is 54.4 Å². The molecule has 1 aliphatic rings. The number of ether oxygens (including phenoxy) is 1. The van der Waals surface area contributed by atoms with Crippen LogP contribution in [0.5, 0.6) is 0 Å². The van der Waals surface area contributed by atoms with E-state index in [1.807, 2.05) is 46.4 Å². The largest absolute Gasteiger partial charge is 0.481 e. The summed E-state index contributed by atoms with van der Waals surface area (Å²) in [5.74, 6) is -1.72. The highest BCUT2D eigenvalue weighted by atomic mass is 16.6. The highest BCUT2D eigenvalue weighted by Crippen LogP contribution is 2.50. The number of esters is 1. The third-order valence-electron chi connectivity index (χ3n) is 5.79. The van der Waals surface area contributed by atoms with Crippen LogP contribution in [-0.2, 0) is 14.3 Å². The minimum absolute atomic E-state index is 0.0568. The second-order valence-corrected chi connectivity index (χ2v) is 8.06. The standard InChI is InChI=1S/C17H31NO6/c1-15(2)13(23)14(24-12(22)8-7-11(20)21)16(3,4)18(9-10-19)17(15,5)6/h13-14,19,23H,7-10H2,1-6H3,(H,20,21). The van der Waals surface area contributed by atoms with Gasteiger partial charge in [0.25, 0.3) is 0 Å². The first-order valence-corrected chi connectivity index (χ1v) is 8.28. The van der Waals surface area contributed by atoms with E-state index in [0.717, 1.165) is 0 Å². The molecule has 7 heteroatoms. The Balaban J connectivity index is 3.14. The van der Waals surface area contributed by atoms with Crippen molar-refractivity contribution in [2.45, 2.75) is 77.7 Å². The Morgan fingerprint density at radius 2 is 1.62 bits per heavy atom. The number of carboxylic acid groups (broad SMARTS) is 1. The Labute approximate surface area is 143 Å². The fourth-order valence-electron chi connectivity index (χ4n) is 3.63. The third kappa shape index (κ3) is 3.58. The SMILES string of the molecule is CC1(C)C(OC(=O)CCC(=O)O)C(O)C(C)(C)C(C)(C)N1CCO. The average molecular weight is 345 g/mol. The minimum Gasteiger partial charge on any atom is -0.481 e. The number of aliphatic hydroxyl groups is 2. The molecular formula is C17H31NO6. The van der Waals surface area contributed by atoms with E-state index in [1.54, 1.807) is 0 Å². The van der Waals surface area contributed by atoms with Gasteiger partial charge in [0.05, 0.1) is 31.1 Å². The van der Waals surface area contributed by atoms with Gasteiger partial charge >= 0.3 is 11.9 Å². The monoisotopic (exact) mass is 345 g/mol. The second kappa shape index (κ2) is 6.98. The van der Waals surface area contributed by atoms with Gasteiger partial charge in [0, 0.05) is 17.5 Å². The smallest absolute Gasteiger partial charge is 0.306 e. The molecule has 1 rings (SSSR count). The molecule has 1 heterocycles. The molecule has 0 amide bonds. The summed E-state index contributed by atoms with van der Waals surface area (Å²) in [6, 6.07) is 0. The number of carbonyl (C=O) groups is 2. The number of rotatable bonds is 6. The molecule has 1 saturated heterocycles. The first-order valence-electron chi connectivity index (χ1n) is 8.28. The summed E-state index contributed by atoms with van der Waals surface area (Å²) < 4.78 is 5.50. The van der Waals surface area contributed by atoms with Crippen LogP contribution in [0.25, 0.3) is 0 Å². The fraction of sp³-hybridized carbons (Fsp3) is 0.882. The maximum Gasteiger partial charge on any atom is 0.306 e. The number of hydrogen-bond donors (Lipinski definition) is 3. The van der Waals surface area contributed by atoms with Crippen LogP contribution in [0.4, 0.5) is 0 Å². The van der Waals surface area contributed by atoms with E-state index >= 15 is 0 Å². The first kappa shape index (κ1) is 20.9. The molecule has 2 atom stereocenters. The molecule has 2 unspecified atom stereocenters. The van der Waals surface area contributed by atoms with E-state index in [4.69, 9.17) is 9.84 Å². The van der Waals surface area contributed by atoms with E-state index in [2.05, 4.69) is 0 Å². The van der Waals surface area contributed by atoms with Crippen molar-refractivity contribution in [3.05, 3.63) is 0 Å². The van der Waals surface area contributed by atoms with Gasteiger partial charge < -0.3 is 20.1 Å². The Morgan fingerprint density at radius 3 is 2.08 bits per heavy atom. The van der Waals surface area contributed by atoms with Gasteiger partial charge in [-0.05, 0) is 27.7 Å². The van der Waals surface area contributed by atoms with Crippen LogP contribution in [0.15, 0.2) is 0 Å². The summed E-state index contributed by atoms with van der Waals surface area (Å²) in [6.45, 7) is 11.8. The van der Waals surface area contributed by atoms with Crippen LogP contribution in [0.2, 0.25) is 0 Å². The van der Waals surface area contributed by atoms with Crippen LogP contribution in [0, 0.1) is 5.41 Å². The van der Waals surface area contributed by atoms with Crippen molar-refractivity contribution in [1.82, 2.24) is 4.90 Å². The van der Waals surface area contributed by atoms with E-state index in [-0.39, 0.29) is 19.4 Å². The van der Waals surface area contributed by atoms with Crippen molar-refractivity contribution >= 4 is 11.9 Å². The summed E-state index contributed by atoms with van der Waals surface area (Å²) in [7, 11) is 0. The molecule has 140 valence electrons. The summed E-state index contributed by atoms with van der Waals surface area (Å²) in [5.41, 5.74) is -1.79. The van der Waals surface area contributed by atoms with E-state index in [1.165, 1.54) is 0 Å². The maximum atomic E-state index is 12.0. The zero-order valence-corrected chi connectivity index (χ0v) is 15.5. The Hall–Kier alpha value is -1.18. The van der Waals surface area contributed by atoms with Crippen molar-refractivity contribution in [1.29, 1.82) is 0 Å². The van der Waals surface area contributed by atoms with E-state index in [0.29, 0.717) is 6.54 Å². The molecule has 1 aliphatic heterocycles. The molecule has 0 aromatic rings. The minimum atomic E-state index is -1.07. The highest BCUT2D eigenvalue weighted by molar-refractivity contribution is 5.76. The van der Waals surface area contributed by atoms with E-state index in [9.17, 15) is 19.8 Å². The maximum absolute atomic E-state index is 12.0. The quantitative estimate of drug-likeness (QED) is 0.617. The number of β-amino-alcohol motifs (C(OH)–C–C–N with tert-alkyl or cyclic N) is 1. The molecule has 0 bridgehead atoms. The van der Waals surface area contributed by atoms with Gasteiger partial charge in [-0.2, -0.15) is 0 Å². The number of nitrogens with zero attached hydrogens (tertiary/aromatic N) is 1. The number of carbonyl (C=O) groups excluding carboxylic acids is 1. The Morgan fingerprint density at radius 1 is 1.08 bits per heavy atom. The topological polar surface area (TPSA) is 107 Å². The van der Waals surface area contributed by atoms with Gasteiger partial charge in [-0.1, -0.05) is 13.8 Å². The average Bonchev–Trinajstić information content (AvgIpc) is 2.45. The summed E-state index contributed by atoms with van der Waals surface area (Å²) in [4.78, 5) is 24.7. The third-order valence-corrected chi connectivity index (χ3v) is 5.79. The van der Waals surface area contributed by atoms with Crippen molar-refractivity contribution in [2.24, 2.45) is 5.41 Å². The molecule has 7 nitrogen and oxygen atoms in total. The van der Waals surface area contributed by atoms with Gasteiger partial charge in [-0.25, -0.2) is 0 Å². The summed E-state index contributed by atoms with van der Waals surface area (Å²) >= 11 is 0. The summed E-state index contributed by atoms with van der Waals surface area (Å²) in [6.07, 6.45) is -2.30. The Bertz CT molecular complexity index is 485. The molecule has 1 fully saturated rings. The molecular weight excluding hydrogens is 314 g/mol. The predicted molar refractivity (Wildman–Crippen MR) is 88.5 cm³/mol. The lowest BCUT2D eigenvalue weighted by molar-refractivity contribution is -0.239. The van der Waals surface area contributed by atoms with E-state index < -0.39 is 40.6 Å². The Kier molecular flexibility index (Phi) is 6.07. The van der Waals surface area contributed by atoms with Gasteiger partial charge in [-0.15, -0.1) is 0 Å². The molecule has 24 heavy (non-hydrogen) atoms. The van der Waals surface area contributed by atoms with Crippen LogP contribution in [-0.4, -0.2) is 68.6 Å². The lowest BCUT2D eigenvalue weighted by Crippen LogP contribution is -2.76. The van der Waals surface area contributed by atoms with Crippen molar-refractivity contribution < 1.29 is 29.6 Å². The molecule has 0 aliphatic carbocycles. The van der Waals surface area contributed by atoms with Crippen molar-refractivity contribution in [3.8, 4) is 0 Å². The molecule has 0 radical (unpaired) electrons. The molecule has 0 aromatic carbocycles. The van der Waals surface area contributed by atoms with Gasteiger partial charge in [0.1, 0.15) is 6.10 Å². The first-order chi connectivity index (χ1) is 10.8. The normalized spacial score (nSPS) is 28.3. The highest BCUT2D eigenvalue weighted by Gasteiger charge is 2.61. The number of aliphatic hydroxyl groups excluding tert-OH is 2. The van der Waals surface area contributed by atoms with Crippen LogP contribution < -0.4 is 0 Å². The number of likely N-dealkylation sites (tertiary alicyclic amines) is 1. The number of carboxylic acids is 1. The molecule has 0 spiro atoms. The van der Waals surface area contributed by atoms with Crippen molar-refractivity contribution in [3.63, 3.8) is 0 Å². The number of aliphatic carboxylic acids is 1. The van der Waals surface area contributed by atoms with Crippen LogP contribution >= 0.6 is 0 Å². The molecule has 0 saturated carbocycles. The van der Waals surface area contributed by atoms with Gasteiger partial charge in [0.15, 0.2) is 0 Å². The predicted octanol–water partition coefficient (Wildman–Crippen LogP) is 1.02. The second-order valence-electron chi connectivity index (χ2n) is 8.06. The zero-order valence-electron chi connectivity index (χ0n) is 15.5. The van der Waals surface area contributed by atoms with Crippen LogP contribution in [0.3, 0.4) is 0 Å².